The fraction of sp³-hybridized carbons (Fsp3) is 0.214. The maximum absolute atomic E-state index is 13.6. The van der Waals surface area contributed by atoms with Crippen molar-refractivity contribution < 1.29 is 13.6 Å². The van der Waals surface area contributed by atoms with Gasteiger partial charge >= 0.3 is 0 Å². The molecule has 106 valence electrons. The van der Waals surface area contributed by atoms with Crippen LogP contribution in [0.4, 0.5) is 8.78 Å². The van der Waals surface area contributed by atoms with Gasteiger partial charge in [0.1, 0.15) is 17.7 Å². The number of hydrogen-bond donors (Lipinski definition) is 2. The molecule has 0 aliphatic heterocycles. The molecule has 0 radical (unpaired) electrons. The molecule has 2 unspecified atom stereocenters. The van der Waals surface area contributed by atoms with Crippen LogP contribution >= 0.6 is 11.3 Å². The Morgan fingerprint density at radius 1 is 1.35 bits per heavy atom. The molecule has 0 spiro atoms. The summed E-state index contributed by atoms with van der Waals surface area (Å²) in [7, 11) is 0. The Hall–Kier alpha value is -1.79. The maximum Gasteiger partial charge on any atom is 0.242 e. The molecule has 6 heteroatoms. The first-order valence-electron chi connectivity index (χ1n) is 6.03. The van der Waals surface area contributed by atoms with Gasteiger partial charge in [0.2, 0.25) is 5.91 Å². The highest BCUT2D eigenvalue weighted by Crippen LogP contribution is 2.21. The molecule has 0 saturated heterocycles. The minimum atomic E-state index is -0.811. The van der Waals surface area contributed by atoms with E-state index in [0.717, 1.165) is 23.1 Å². The van der Waals surface area contributed by atoms with Crippen LogP contribution in [0.15, 0.2) is 35.7 Å². The summed E-state index contributed by atoms with van der Waals surface area (Å²) >= 11 is 1.37. The lowest BCUT2D eigenvalue weighted by Gasteiger charge is -2.18. The average Bonchev–Trinajstić information content (AvgIpc) is 2.94. The molecule has 0 saturated carbocycles. The monoisotopic (exact) mass is 296 g/mol. The zero-order valence-corrected chi connectivity index (χ0v) is 11.6. The Balaban J connectivity index is 2.09. The van der Waals surface area contributed by atoms with Gasteiger partial charge in [0.15, 0.2) is 0 Å². The summed E-state index contributed by atoms with van der Waals surface area (Å²) in [5.74, 6) is -1.54. The molecule has 1 aromatic heterocycles. The smallest absolute Gasteiger partial charge is 0.242 e. The van der Waals surface area contributed by atoms with Gasteiger partial charge in [0.05, 0.1) is 6.04 Å². The fourth-order valence-electron chi connectivity index (χ4n) is 1.82. The first kappa shape index (κ1) is 14.6. The number of hydrogen-bond acceptors (Lipinski definition) is 3. The summed E-state index contributed by atoms with van der Waals surface area (Å²) in [5.41, 5.74) is 5.90. The highest BCUT2D eigenvalue weighted by Gasteiger charge is 2.20. The lowest BCUT2D eigenvalue weighted by atomic mass is 10.1. The van der Waals surface area contributed by atoms with Crippen LogP contribution < -0.4 is 11.1 Å². The SMILES string of the molecule is CC(NC(=O)C(N)c1cccs1)c1cc(F)ccc1F. The van der Waals surface area contributed by atoms with Crippen LogP contribution in [0.2, 0.25) is 0 Å². The third-order valence-electron chi connectivity index (χ3n) is 2.92. The lowest BCUT2D eigenvalue weighted by molar-refractivity contribution is -0.123. The normalized spacial score (nSPS) is 13.8. The molecule has 2 atom stereocenters. The van der Waals surface area contributed by atoms with E-state index in [1.807, 2.05) is 5.38 Å². The van der Waals surface area contributed by atoms with Crippen molar-refractivity contribution in [3.05, 3.63) is 57.8 Å². The number of nitrogens with two attached hydrogens (primary N) is 1. The second kappa shape index (κ2) is 6.11. The number of benzene rings is 1. The molecular weight excluding hydrogens is 282 g/mol. The first-order valence-corrected chi connectivity index (χ1v) is 6.91. The molecule has 0 aliphatic carbocycles. The van der Waals surface area contributed by atoms with Crippen LogP contribution in [0.3, 0.4) is 0 Å². The van der Waals surface area contributed by atoms with Crippen molar-refractivity contribution >= 4 is 17.2 Å². The first-order chi connectivity index (χ1) is 9.49. The standard InChI is InChI=1S/C14H14F2N2OS/c1-8(10-7-9(15)4-5-11(10)16)18-14(19)13(17)12-3-2-6-20-12/h2-8,13H,17H2,1H3,(H,18,19). The zero-order chi connectivity index (χ0) is 14.7. The number of amides is 1. The quantitative estimate of drug-likeness (QED) is 0.911. The van der Waals surface area contributed by atoms with Gasteiger partial charge in [0.25, 0.3) is 0 Å². The van der Waals surface area contributed by atoms with Crippen molar-refractivity contribution in [3.8, 4) is 0 Å². The Morgan fingerprint density at radius 2 is 2.10 bits per heavy atom. The van der Waals surface area contributed by atoms with Gasteiger partial charge < -0.3 is 11.1 Å². The van der Waals surface area contributed by atoms with E-state index in [0.29, 0.717) is 0 Å². The minimum Gasteiger partial charge on any atom is -0.348 e. The molecule has 0 aliphatic rings. The van der Waals surface area contributed by atoms with Crippen molar-refractivity contribution in [2.24, 2.45) is 5.73 Å². The number of thiophene rings is 1. The van der Waals surface area contributed by atoms with Gasteiger partial charge in [-0.05, 0) is 36.6 Å². The topological polar surface area (TPSA) is 55.1 Å². The maximum atomic E-state index is 13.6. The summed E-state index contributed by atoms with van der Waals surface area (Å²) in [6.07, 6.45) is 0. The molecule has 0 bridgehead atoms. The highest BCUT2D eigenvalue weighted by molar-refractivity contribution is 7.10. The number of rotatable bonds is 4. The Kier molecular flexibility index (Phi) is 4.46. The molecule has 20 heavy (non-hydrogen) atoms. The van der Waals surface area contributed by atoms with Gasteiger partial charge in [-0.2, -0.15) is 0 Å². The number of halogens is 2. The van der Waals surface area contributed by atoms with Crippen molar-refractivity contribution in [3.63, 3.8) is 0 Å². The van der Waals surface area contributed by atoms with E-state index in [9.17, 15) is 13.6 Å². The molecule has 1 amide bonds. The van der Waals surface area contributed by atoms with Crippen molar-refractivity contribution in [1.29, 1.82) is 0 Å². The van der Waals surface area contributed by atoms with Crippen LogP contribution in [-0.2, 0) is 4.79 Å². The molecule has 3 nitrogen and oxygen atoms in total. The second-order valence-corrected chi connectivity index (χ2v) is 5.37. The summed E-state index contributed by atoms with van der Waals surface area (Å²) in [6, 6.07) is 5.21. The molecule has 1 aromatic carbocycles. The van der Waals surface area contributed by atoms with Gasteiger partial charge in [-0.3, -0.25) is 4.79 Å². The fourth-order valence-corrected chi connectivity index (χ4v) is 2.55. The number of nitrogens with one attached hydrogen (secondary N) is 1. The van der Waals surface area contributed by atoms with Gasteiger partial charge in [0, 0.05) is 10.4 Å². The molecule has 3 N–H and O–H groups in total. The van der Waals surface area contributed by atoms with E-state index in [1.54, 1.807) is 19.1 Å². The molecular formula is C14H14F2N2OS. The molecule has 2 aromatic rings. The minimum absolute atomic E-state index is 0.0942. The van der Waals surface area contributed by atoms with Crippen LogP contribution in [0.5, 0.6) is 0 Å². The number of carbonyl (C=O) groups is 1. The third kappa shape index (κ3) is 3.20. The van der Waals surface area contributed by atoms with E-state index in [2.05, 4.69) is 5.32 Å². The Labute approximate surface area is 119 Å². The summed E-state index contributed by atoms with van der Waals surface area (Å²) in [4.78, 5) is 12.7. The lowest BCUT2D eigenvalue weighted by Crippen LogP contribution is -2.35. The van der Waals surface area contributed by atoms with Gasteiger partial charge in [-0.25, -0.2) is 8.78 Å². The number of carbonyl (C=O) groups excluding carboxylic acids is 1. The summed E-state index contributed by atoms with van der Waals surface area (Å²) in [6.45, 7) is 1.58. The third-order valence-corrected chi connectivity index (χ3v) is 3.87. The predicted molar refractivity (Wildman–Crippen MR) is 74.2 cm³/mol. The van der Waals surface area contributed by atoms with Gasteiger partial charge in [-0.15, -0.1) is 11.3 Å². The Bertz CT molecular complexity index is 601. The Morgan fingerprint density at radius 3 is 2.75 bits per heavy atom. The summed E-state index contributed by atoms with van der Waals surface area (Å²) in [5, 5.41) is 4.41. The van der Waals surface area contributed by atoms with Crippen LogP contribution in [0.1, 0.15) is 29.4 Å². The van der Waals surface area contributed by atoms with E-state index in [1.165, 1.54) is 11.3 Å². The largest absolute Gasteiger partial charge is 0.348 e. The average molecular weight is 296 g/mol. The summed E-state index contributed by atoms with van der Waals surface area (Å²) < 4.78 is 26.7. The van der Waals surface area contributed by atoms with E-state index in [4.69, 9.17) is 5.73 Å². The van der Waals surface area contributed by atoms with E-state index >= 15 is 0 Å². The zero-order valence-electron chi connectivity index (χ0n) is 10.8. The van der Waals surface area contributed by atoms with Crippen molar-refractivity contribution in [1.82, 2.24) is 5.32 Å². The van der Waals surface area contributed by atoms with Crippen LogP contribution in [-0.4, -0.2) is 5.91 Å². The van der Waals surface area contributed by atoms with Crippen molar-refractivity contribution in [2.75, 3.05) is 0 Å². The predicted octanol–water partition coefficient (Wildman–Crippen LogP) is 2.90. The van der Waals surface area contributed by atoms with E-state index in [-0.39, 0.29) is 5.56 Å². The molecule has 2 rings (SSSR count). The van der Waals surface area contributed by atoms with Crippen LogP contribution in [0, 0.1) is 11.6 Å². The molecule has 0 fully saturated rings. The second-order valence-electron chi connectivity index (χ2n) is 4.39. The van der Waals surface area contributed by atoms with Gasteiger partial charge in [-0.1, -0.05) is 6.07 Å². The van der Waals surface area contributed by atoms with Crippen molar-refractivity contribution in [2.45, 2.75) is 19.0 Å². The highest BCUT2D eigenvalue weighted by atomic mass is 32.1. The molecule has 1 heterocycles. The van der Waals surface area contributed by atoms with Crippen LogP contribution in [0.25, 0.3) is 0 Å². The van der Waals surface area contributed by atoms with E-state index < -0.39 is 29.6 Å².